The molecule has 2 fully saturated rings. The van der Waals surface area contributed by atoms with Crippen molar-refractivity contribution in [3.63, 3.8) is 0 Å². The Hall–Kier alpha value is -0.570. The second kappa shape index (κ2) is 3.21. The van der Waals surface area contributed by atoms with Gasteiger partial charge in [-0.15, -0.1) is 0 Å². The summed E-state index contributed by atoms with van der Waals surface area (Å²) in [5, 5.41) is 0. The maximum absolute atomic E-state index is 11.0. The van der Waals surface area contributed by atoms with Crippen molar-refractivity contribution in [3.05, 3.63) is 0 Å². The van der Waals surface area contributed by atoms with Crippen molar-refractivity contribution in [1.29, 1.82) is 0 Å². The zero-order chi connectivity index (χ0) is 11.3. The molecule has 86 valence electrons. The molecule has 0 bridgehead atoms. The average molecular weight is 212 g/mol. The molecule has 3 heteroatoms. The van der Waals surface area contributed by atoms with E-state index in [1.54, 1.807) is 0 Å². The van der Waals surface area contributed by atoms with Crippen LogP contribution in [0.5, 0.6) is 0 Å². The number of ether oxygens (including phenoxy) is 2. The van der Waals surface area contributed by atoms with Crippen molar-refractivity contribution >= 4 is 5.97 Å². The molecule has 1 saturated carbocycles. The summed E-state index contributed by atoms with van der Waals surface area (Å²) in [6.07, 6.45) is 3.60. The molecule has 3 nitrogen and oxygen atoms in total. The summed E-state index contributed by atoms with van der Waals surface area (Å²) in [5.74, 6) is 0.243. The fourth-order valence-electron chi connectivity index (χ4n) is 2.73. The molecule has 2 rings (SSSR count). The first-order chi connectivity index (χ1) is 6.83. The monoisotopic (exact) mass is 212 g/mol. The molecule has 0 aromatic rings. The second-order valence-electron chi connectivity index (χ2n) is 5.59. The number of carbonyl (C=O) groups is 1. The van der Waals surface area contributed by atoms with Crippen molar-refractivity contribution in [2.75, 3.05) is 0 Å². The number of esters is 1. The Morgan fingerprint density at radius 2 is 2.20 bits per heavy atom. The molecule has 0 spiro atoms. The Balaban J connectivity index is 1.96. The predicted molar refractivity (Wildman–Crippen MR) is 56.5 cm³/mol. The van der Waals surface area contributed by atoms with Crippen LogP contribution in [0, 0.1) is 5.92 Å². The first kappa shape index (κ1) is 10.9. The van der Waals surface area contributed by atoms with Gasteiger partial charge in [0.1, 0.15) is 5.60 Å². The summed E-state index contributed by atoms with van der Waals surface area (Å²) in [6, 6.07) is 0. The summed E-state index contributed by atoms with van der Waals surface area (Å²) in [7, 11) is 0. The topological polar surface area (TPSA) is 38.8 Å². The van der Waals surface area contributed by atoms with E-state index in [-0.39, 0.29) is 17.2 Å². The van der Waals surface area contributed by atoms with E-state index in [0.29, 0.717) is 12.0 Å². The molecular weight excluding hydrogens is 192 g/mol. The van der Waals surface area contributed by atoms with Gasteiger partial charge in [-0.2, -0.15) is 0 Å². The third kappa shape index (κ3) is 2.03. The van der Waals surface area contributed by atoms with Crippen LogP contribution in [0.3, 0.4) is 0 Å². The van der Waals surface area contributed by atoms with Crippen LogP contribution < -0.4 is 0 Å². The number of rotatable bonds is 2. The van der Waals surface area contributed by atoms with Gasteiger partial charge in [0.05, 0.1) is 11.7 Å². The van der Waals surface area contributed by atoms with E-state index in [1.165, 1.54) is 6.92 Å². The Labute approximate surface area is 91.1 Å². The Morgan fingerprint density at radius 3 is 2.73 bits per heavy atom. The number of hydrogen-bond donors (Lipinski definition) is 0. The van der Waals surface area contributed by atoms with Crippen molar-refractivity contribution in [3.8, 4) is 0 Å². The summed E-state index contributed by atoms with van der Waals surface area (Å²) in [5.41, 5.74) is -0.206. The van der Waals surface area contributed by atoms with Gasteiger partial charge in [-0.1, -0.05) is 0 Å². The van der Waals surface area contributed by atoms with Gasteiger partial charge in [0.15, 0.2) is 0 Å². The molecule has 15 heavy (non-hydrogen) atoms. The zero-order valence-electron chi connectivity index (χ0n) is 10.0. The van der Waals surface area contributed by atoms with Crippen LogP contribution in [-0.2, 0) is 14.3 Å². The highest BCUT2D eigenvalue weighted by atomic mass is 16.6. The van der Waals surface area contributed by atoms with Crippen LogP contribution >= 0.6 is 0 Å². The van der Waals surface area contributed by atoms with Crippen LogP contribution in [0.15, 0.2) is 0 Å². The third-order valence-corrected chi connectivity index (χ3v) is 3.91. The first-order valence-corrected chi connectivity index (χ1v) is 5.71. The van der Waals surface area contributed by atoms with Crippen LogP contribution in [-0.4, -0.2) is 23.3 Å². The van der Waals surface area contributed by atoms with Gasteiger partial charge in [0.2, 0.25) is 0 Å². The van der Waals surface area contributed by atoms with E-state index in [0.717, 1.165) is 19.3 Å². The summed E-state index contributed by atoms with van der Waals surface area (Å²) in [4.78, 5) is 11.0. The quantitative estimate of drug-likeness (QED) is 0.520. The second-order valence-corrected chi connectivity index (χ2v) is 5.59. The molecule has 1 saturated heterocycles. The summed E-state index contributed by atoms with van der Waals surface area (Å²) < 4.78 is 11.0. The number of carbonyl (C=O) groups excluding carboxylic acids is 1. The maximum Gasteiger partial charge on any atom is 0.303 e. The molecule has 0 aromatic carbocycles. The summed E-state index contributed by atoms with van der Waals surface area (Å²) in [6.45, 7) is 7.66. The highest BCUT2D eigenvalue weighted by Crippen LogP contribution is 2.51. The smallest absolute Gasteiger partial charge is 0.303 e. The molecule has 0 N–H and O–H groups in total. The fraction of sp³-hybridized carbons (Fsp3) is 0.917. The number of epoxide rings is 1. The van der Waals surface area contributed by atoms with E-state index in [2.05, 4.69) is 6.92 Å². The molecule has 2 aliphatic rings. The van der Waals surface area contributed by atoms with Gasteiger partial charge in [0.25, 0.3) is 0 Å². The van der Waals surface area contributed by atoms with Crippen molar-refractivity contribution < 1.29 is 14.3 Å². The van der Waals surface area contributed by atoms with E-state index >= 15 is 0 Å². The average Bonchev–Trinajstić information content (AvgIpc) is 2.72. The Kier molecular flexibility index (Phi) is 2.34. The molecule has 0 aromatic heterocycles. The van der Waals surface area contributed by atoms with Crippen LogP contribution in [0.1, 0.15) is 47.0 Å². The lowest BCUT2D eigenvalue weighted by atomic mass is 9.75. The molecule has 1 aliphatic heterocycles. The van der Waals surface area contributed by atoms with Gasteiger partial charge in [-0.05, 0) is 40.0 Å². The molecule has 1 heterocycles. The van der Waals surface area contributed by atoms with Crippen LogP contribution in [0.4, 0.5) is 0 Å². The largest absolute Gasteiger partial charge is 0.460 e. The minimum Gasteiger partial charge on any atom is -0.460 e. The Bertz CT molecular complexity index is 285. The molecule has 0 amide bonds. The molecule has 0 unspecified atom stereocenters. The first-order valence-electron chi connectivity index (χ1n) is 5.71. The van der Waals surface area contributed by atoms with Gasteiger partial charge in [-0.25, -0.2) is 0 Å². The molecule has 3 atom stereocenters. The van der Waals surface area contributed by atoms with E-state index in [4.69, 9.17) is 9.47 Å². The van der Waals surface area contributed by atoms with Gasteiger partial charge >= 0.3 is 5.97 Å². The highest BCUT2D eigenvalue weighted by Gasteiger charge is 2.57. The van der Waals surface area contributed by atoms with E-state index in [1.807, 2.05) is 13.8 Å². The minimum atomic E-state index is -0.348. The van der Waals surface area contributed by atoms with Gasteiger partial charge in [-0.3, -0.25) is 4.79 Å². The van der Waals surface area contributed by atoms with Crippen molar-refractivity contribution in [2.24, 2.45) is 5.92 Å². The number of hydrogen-bond acceptors (Lipinski definition) is 3. The highest BCUT2D eigenvalue weighted by molar-refractivity contribution is 5.66. The van der Waals surface area contributed by atoms with Gasteiger partial charge in [0, 0.05) is 12.8 Å². The van der Waals surface area contributed by atoms with Crippen LogP contribution in [0.2, 0.25) is 0 Å². The van der Waals surface area contributed by atoms with Gasteiger partial charge < -0.3 is 9.47 Å². The third-order valence-electron chi connectivity index (χ3n) is 3.91. The molecular formula is C12H20O3. The zero-order valence-corrected chi connectivity index (χ0v) is 10.0. The van der Waals surface area contributed by atoms with E-state index in [9.17, 15) is 4.79 Å². The number of fused-ring (bicyclic) bond motifs is 1. The fourth-order valence-corrected chi connectivity index (χ4v) is 2.73. The Morgan fingerprint density at radius 1 is 1.53 bits per heavy atom. The summed E-state index contributed by atoms with van der Waals surface area (Å²) >= 11 is 0. The lowest BCUT2D eigenvalue weighted by Crippen LogP contribution is -2.40. The SMILES string of the molecule is CC(=O)OC(C)(C)[C@H]1CC[C@@]2(C)O[C@H]2C1. The van der Waals surface area contributed by atoms with Crippen LogP contribution in [0.25, 0.3) is 0 Å². The standard InChI is InChI=1S/C12H20O3/c1-8(13)14-11(2,3)9-5-6-12(4)10(7-9)15-12/h9-10H,5-7H2,1-4H3/t9-,10-,12+/m0/s1. The lowest BCUT2D eigenvalue weighted by Gasteiger charge is -2.36. The van der Waals surface area contributed by atoms with Crippen molar-refractivity contribution in [1.82, 2.24) is 0 Å². The molecule has 0 radical (unpaired) electrons. The maximum atomic E-state index is 11.0. The predicted octanol–water partition coefficient (Wildman–Crippen LogP) is 2.29. The molecule has 1 aliphatic carbocycles. The lowest BCUT2D eigenvalue weighted by molar-refractivity contribution is -0.160. The van der Waals surface area contributed by atoms with E-state index < -0.39 is 0 Å². The minimum absolute atomic E-state index is 0.142. The van der Waals surface area contributed by atoms with Crippen molar-refractivity contribution in [2.45, 2.75) is 64.3 Å². The normalized spacial score (nSPS) is 39.5.